The average molecular weight is 413 g/mol. The van der Waals surface area contributed by atoms with Crippen molar-refractivity contribution in [2.75, 3.05) is 0 Å². The van der Waals surface area contributed by atoms with Gasteiger partial charge in [-0.15, -0.1) is 0 Å². The van der Waals surface area contributed by atoms with Gasteiger partial charge < -0.3 is 0 Å². The van der Waals surface area contributed by atoms with E-state index in [0.717, 1.165) is 41.4 Å². The summed E-state index contributed by atoms with van der Waals surface area (Å²) in [5, 5.41) is 0. The number of hydrogen-bond acceptors (Lipinski definition) is 0. The second kappa shape index (κ2) is 22.7. The highest BCUT2D eigenvalue weighted by Gasteiger charge is 2.08. The highest BCUT2D eigenvalue weighted by atomic mass is 14.1. The van der Waals surface area contributed by atoms with Gasteiger partial charge in [-0.1, -0.05) is 122 Å². The smallest absolute Gasteiger partial charge is 0.0438 e. The molecular formula is C29H64. The van der Waals surface area contributed by atoms with Crippen molar-refractivity contribution in [2.24, 2.45) is 41.4 Å². The van der Waals surface area contributed by atoms with E-state index in [1.54, 1.807) is 0 Å². The van der Waals surface area contributed by atoms with E-state index in [1.807, 2.05) is 0 Å². The maximum atomic E-state index is 2.38. The zero-order valence-electron chi connectivity index (χ0n) is 23.4. The third kappa shape index (κ3) is 28.0. The average Bonchev–Trinajstić information content (AvgIpc) is 2.67. The Labute approximate surface area is 189 Å². The van der Waals surface area contributed by atoms with E-state index in [4.69, 9.17) is 0 Å². The minimum atomic E-state index is 0.869. The molecule has 0 fully saturated rings. The van der Waals surface area contributed by atoms with E-state index in [2.05, 4.69) is 90.0 Å². The SMILES string of the molecule is CCC(C)CC(C)CC.CCC(C)CC(C)CC.CCC(C)CC(C)CC(C)C. The number of rotatable bonds is 13. The van der Waals surface area contributed by atoms with Crippen molar-refractivity contribution in [2.45, 2.75) is 148 Å². The molecule has 0 heterocycles. The predicted molar refractivity (Wildman–Crippen MR) is 140 cm³/mol. The van der Waals surface area contributed by atoms with Crippen molar-refractivity contribution in [3.63, 3.8) is 0 Å². The van der Waals surface area contributed by atoms with Crippen molar-refractivity contribution >= 4 is 0 Å². The van der Waals surface area contributed by atoms with Gasteiger partial charge in [-0.2, -0.15) is 0 Å². The van der Waals surface area contributed by atoms with Crippen LogP contribution in [0.3, 0.4) is 0 Å². The standard InChI is InChI=1S/C11H24.2C9H20/c1-6-10(4)8-11(5)7-9(2)3;2*1-5-8(3)7-9(4)6-2/h9-11H,6-8H2,1-5H3;2*8-9H,5-7H2,1-4H3. The summed E-state index contributed by atoms with van der Waals surface area (Å²) in [5.74, 6) is 6.43. The van der Waals surface area contributed by atoms with Gasteiger partial charge >= 0.3 is 0 Å². The molecule has 0 aromatic carbocycles. The first-order valence-corrected chi connectivity index (χ1v) is 13.5. The molecule has 0 nitrogen and oxygen atoms in total. The molecule has 0 radical (unpaired) electrons. The van der Waals surface area contributed by atoms with Gasteiger partial charge in [-0.25, -0.2) is 0 Å². The highest BCUT2D eigenvalue weighted by molar-refractivity contribution is 4.60. The molecule has 0 aliphatic rings. The lowest BCUT2D eigenvalue weighted by Gasteiger charge is -2.17. The summed E-state index contributed by atoms with van der Waals surface area (Å²) in [4.78, 5) is 0. The van der Waals surface area contributed by atoms with Gasteiger partial charge in [0.2, 0.25) is 0 Å². The van der Waals surface area contributed by atoms with Gasteiger partial charge in [0.05, 0.1) is 0 Å². The molecule has 0 aliphatic heterocycles. The summed E-state index contributed by atoms with van der Waals surface area (Å²) in [6.07, 6.45) is 12.3. The van der Waals surface area contributed by atoms with Gasteiger partial charge in [-0.05, 0) is 67.1 Å². The van der Waals surface area contributed by atoms with E-state index in [1.165, 1.54) is 57.8 Å². The molecule has 0 spiro atoms. The Kier molecular flexibility index (Phi) is 26.3. The van der Waals surface area contributed by atoms with Crippen LogP contribution in [0.4, 0.5) is 0 Å². The normalized spacial score (nSPS) is 17.2. The Bertz CT molecular complexity index is 258. The second-order valence-corrected chi connectivity index (χ2v) is 11.0. The van der Waals surface area contributed by atoms with E-state index < -0.39 is 0 Å². The fourth-order valence-electron chi connectivity index (χ4n) is 3.79. The third-order valence-electron chi connectivity index (χ3n) is 6.77. The highest BCUT2D eigenvalue weighted by Crippen LogP contribution is 2.21. The molecule has 0 saturated heterocycles. The Morgan fingerprint density at radius 1 is 0.310 bits per heavy atom. The molecule has 0 saturated carbocycles. The molecule has 0 amide bonds. The predicted octanol–water partition coefficient (Wildman–Crippen LogP) is 11.0. The molecule has 29 heavy (non-hydrogen) atoms. The van der Waals surface area contributed by atoms with Crippen LogP contribution < -0.4 is 0 Å². The molecule has 0 rings (SSSR count). The van der Waals surface area contributed by atoms with Gasteiger partial charge in [-0.3, -0.25) is 0 Å². The van der Waals surface area contributed by atoms with Crippen molar-refractivity contribution in [1.82, 2.24) is 0 Å². The van der Waals surface area contributed by atoms with Crippen LogP contribution in [-0.4, -0.2) is 0 Å². The number of hydrogen-bond donors (Lipinski definition) is 0. The van der Waals surface area contributed by atoms with Crippen LogP contribution in [0.15, 0.2) is 0 Å². The Morgan fingerprint density at radius 2 is 0.517 bits per heavy atom. The van der Waals surface area contributed by atoms with Gasteiger partial charge in [0.25, 0.3) is 0 Å². The van der Waals surface area contributed by atoms with Crippen LogP contribution in [-0.2, 0) is 0 Å². The van der Waals surface area contributed by atoms with E-state index in [0.29, 0.717) is 0 Å². The molecule has 6 unspecified atom stereocenters. The van der Waals surface area contributed by atoms with Gasteiger partial charge in [0.1, 0.15) is 0 Å². The summed E-state index contributed by atoms with van der Waals surface area (Å²) in [6, 6.07) is 0. The topological polar surface area (TPSA) is 0 Å². The second-order valence-electron chi connectivity index (χ2n) is 11.0. The van der Waals surface area contributed by atoms with Crippen LogP contribution in [0.1, 0.15) is 148 Å². The van der Waals surface area contributed by atoms with Gasteiger partial charge in [0, 0.05) is 0 Å². The molecule has 0 aliphatic carbocycles. The van der Waals surface area contributed by atoms with Crippen molar-refractivity contribution < 1.29 is 0 Å². The summed E-state index contributed by atoms with van der Waals surface area (Å²) in [5.41, 5.74) is 0. The molecule has 0 bridgehead atoms. The summed E-state index contributed by atoms with van der Waals surface area (Å²) < 4.78 is 0. The molecule has 0 N–H and O–H groups in total. The lowest BCUT2D eigenvalue weighted by molar-refractivity contribution is 0.350. The Hall–Kier alpha value is 0. The van der Waals surface area contributed by atoms with Crippen molar-refractivity contribution in [3.05, 3.63) is 0 Å². The lowest BCUT2D eigenvalue weighted by atomic mass is 9.89. The maximum absolute atomic E-state index is 2.38. The monoisotopic (exact) mass is 413 g/mol. The zero-order chi connectivity index (χ0) is 23.4. The first kappa shape index (κ1) is 33.6. The van der Waals surface area contributed by atoms with Crippen LogP contribution in [0.25, 0.3) is 0 Å². The quantitative estimate of drug-likeness (QED) is 0.282. The summed E-state index contributed by atoms with van der Waals surface area (Å²) in [6.45, 7) is 30.1. The molecule has 0 heteroatoms. The molecule has 0 aromatic rings. The Balaban J connectivity index is -0.000000352. The van der Waals surface area contributed by atoms with Crippen molar-refractivity contribution in [1.29, 1.82) is 0 Å². The van der Waals surface area contributed by atoms with Crippen LogP contribution in [0, 0.1) is 41.4 Å². The van der Waals surface area contributed by atoms with Crippen LogP contribution in [0.2, 0.25) is 0 Å². The molecule has 6 atom stereocenters. The summed E-state index contributed by atoms with van der Waals surface area (Å²) >= 11 is 0. The minimum Gasteiger partial charge on any atom is -0.0651 e. The largest absolute Gasteiger partial charge is 0.0651 e. The molecular weight excluding hydrogens is 348 g/mol. The van der Waals surface area contributed by atoms with E-state index in [-0.39, 0.29) is 0 Å². The first-order chi connectivity index (χ1) is 13.5. The minimum absolute atomic E-state index is 0.869. The zero-order valence-corrected chi connectivity index (χ0v) is 23.4. The molecule has 0 aromatic heterocycles. The fourth-order valence-corrected chi connectivity index (χ4v) is 3.79. The van der Waals surface area contributed by atoms with Gasteiger partial charge in [0.15, 0.2) is 0 Å². The third-order valence-corrected chi connectivity index (χ3v) is 6.77. The Morgan fingerprint density at radius 3 is 0.690 bits per heavy atom. The maximum Gasteiger partial charge on any atom is -0.0438 e. The van der Waals surface area contributed by atoms with Crippen LogP contribution >= 0.6 is 0 Å². The first-order valence-electron chi connectivity index (χ1n) is 13.5. The van der Waals surface area contributed by atoms with Crippen molar-refractivity contribution in [3.8, 4) is 0 Å². The van der Waals surface area contributed by atoms with Crippen LogP contribution in [0.5, 0.6) is 0 Å². The summed E-state index contributed by atoms with van der Waals surface area (Å²) in [7, 11) is 0. The van der Waals surface area contributed by atoms with E-state index in [9.17, 15) is 0 Å². The van der Waals surface area contributed by atoms with E-state index >= 15 is 0 Å². The molecule has 180 valence electrons. The fraction of sp³-hybridized carbons (Fsp3) is 1.00. The lowest BCUT2D eigenvalue weighted by Crippen LogP contribution is -2.05.